The second-order valence-corrected chi connectivity index (χ2v) is 7.06. The van der Waals surface area contributed by atoms with E-state index < -0.39 is 6.10 Å². The summed E-state index contributed by atoms with van der Waals surface area (Å²) in [5.41, 5.74) is 2.97. The van der Waals surface area contributed by atoms with Gasteiger partial charge in [-0.05, 0) is 43.2 Å². The highest BCUT2D eigenvalue weighted by Gasteiger charge is 2.24. The Morgan fingerprint density at radius 2 is 1.85 bits per heavy atom. The smallest absolute Gasteiger partial charge is 0.146 e. The number of hydrogen-bond acceptors (Lipinski definition) is 3. The summed E-state index contributed by atoms with van der Waals surface area (Å²) in [6.07, 6.45) is -0.509. The lowest BCUT2D eigenvalue weighted by atomic mass is 10.1. The molecule has 0 radical (unpaired) electrons. The van der Waals surface area contributed by atoms with Crippen molar-refractivity contribution in [1.82, 2.24) is 0 Å². The Morgan fingerprint density at radius 1 is 1.12 bits per heavy atom. The summed E-state index contributed by atoms with van der Waals surface area (Å²) < 4.78 is 19.7. The van der Waals surface area contributed by atoms with E-state index in [1.165, 1.54) is 16.5 Å². The van der Waals surface area contributed by atoms with Gasteiger partial charge in [-0.25, -0.2) is 4.39 Å². The first-order valence-corrected chi connectivity index (χ1v) is 9.24. The number of aryl methyl sites for hydroxylation is 1. The van der Waals surface area contributed by atoms with Crippen molar-refractivity contribution in [3.05, 3.63) is 59.4 Å². The largest absolute Gasteiger partial charge is 0.490 e. The van der Waals surface area contributed by atoms with Crippen LogP contribution in [0.1, 0.15) is 11.1 Å². The van der Waals surface area contributed by atoms with Gasteiger partial charge in [0, 0.05) is 0 Å². The van der Waals surface area contributed by atoms with Gasteiger partial charge in [0.1, 0.15) is 30.8 Å². The van der Waals surface area contributed by atoms with Crippen LogP contribution in [-0.2, 0) is 0 Å². The van der Waals surface area contributed by atoms with Crippen LogP contribution in [0, 0.1) is 19.7 Å². The fourth-order valence-corrected chi connectivity index (χ4v) is 3.43. The Morgan fingerprint density at radius 3 is 2.58 bits per heavy atom. The lowest BCUT2D eigenvalue weighted by Crippen LogP contribution is -3.16. The topological polar surface area (TPSA) is 37.1 Å². The van der Waals surface area contributed by atoms with E-state index in [0.717, 1.165) is 37.5 Å². The van der Waals surface area contributed by atoms with Crippen molar-refractivity contribution in [1.29, 1.82) is 0 Å². The number of nitrogens with one attached hydrogen (secondary N) is 1. The van der Waals surface area contributed by atoms with Gasteiger partial charge in [-0.2, -0.15) is 0 Å². The van der Waals surface area contributed by atoms with Gasteiger partial charge < -0.3 is 19.6 Å². The molecule has 1 fully saturated rings. The predicted octanol–water partition coefficient (Wildman–Crippen LogP) is 1.59. The van der Waals surface area contributed by atoms with E-state index in [4.69, 9.17) is 4.74 Å². The maximum atomic E-state index is 13.9. The molecule has 1 atom stereocenters. The number of halogens is 1. The third-order valence-corrected chi connectivity index (χ3v) is 5.17. The van der Waals surface area contributed by atoms with E-state index in [1.807, 2.05) is 31.2 Å². The summed E-state index contributed by atoms with van der Waals surface area (Å²) in [4.78, 5) is 3.41. The van der Waals surface area contributed by atoms with Gasteiger partial charge in [0.05, 0.1) is 31.9 Å². The van der Waals surface area contributed by atoms with Crippen LogP contribution in [0.5, 0.6) is 5.75 Å². The first-order valence-electron chi connectivity index (χ1n) is 9.24. The average molecular weight is 359 g/mol. The Hall–Kier alpha value is -2.11. The minimum absolute atomic E-state index is 0.169. The Balaban J connectivity index is 1.45. The standard InChI is InChI=1S/C21H27FN2O2/c1-16-6-5-9-21(17(16)2)26-15-18(25)14-23-10-12-24(13-11-23)20-8-4-3-7-19(20)22/h3-9,18,25H,10-15H2,1-2H3/p+1/t18-/m1/s1. The van der Waals surface area contributed by atoms with Crippen LogP contribution in [0.25, 0.3) is 0 Å². The highest BCUT2D eigenvalue weighted by atomic mass is 19.1. The number of aliphatic hydroxyl groups excluding tert-OH is 1. The minimum atomic E-state index is -0.509. The van der Waals surface area contributed by atoms with Crippen molar-refractivity contribution < 1.29 is 19.1 Å². The Bertz CT molecular complexity index is 730. The molecule has 1 heterocycles. The number of anilines is 1. The van der Waals surface area contributed by atoms with Gasteiger partial charge >= 0.3 is 0 Å². The van der Waals surface area contributed by atoms with E-state index in [0.29, 0.717) is 18.8 Å². The van der Waals surface area contributed by atoms with E-state index >= 15 is 0 Å². The molecular formula is C21H28FN2O2+. The van der Waals surface area contributed by atoms with Crippen LogP contribution in [0.3, 0.4) is 0 Å². The first kappa shape index (κ1) is 18.7. The maximum Gasteiger partial charge on any atom is 0.146 e. The van der Waals surface area contributed by atoms with Crippen molar-refractivity contribution >= 4 is 5.69 Å². The number of ether oxygens (including phenoxy) is 1. The molecule has 5 heteroatoms. The molecule has 140 valence electrons. The molecule has 1 aliphatic rings. The number of para-hydroxylation sites is 1. The number of aliphatic hydroxyl groups is 1. The van der Waals surface area contributed by atoms with Crippen LogP contribution < -0.4 is 14.5 Å². The van der Waals surface area contributed by atoms with Gasteiger partial charge in [0.15, 0.2) is 0 Å². The van der Waals surface area contributed by atoms with Crippen molar-refractivity contribution in [2.45, 2.75) is 20.0 Å². The molecule has 26 heavy (non-hydrogen) atoms. The second-order valence-electron chi connectivity index (χ2n) is 7.06. The number of benzene rings is 2. The predicted molar refractivity (Wildman–Crippen MR) is 102 cm³/mol. The van der Waals surface area contributed by atoms with Crippen molar-refractivity contribution in [2.75, 3.05) is 44.2 Å². The summed E-state index contributed by atoms with van der Waals surface area (Å²) in [5, 5.41) is 10.3. The number of nitrogens with zero attached hydrogens (tertiary/aromatic N) is 1. The summed E-state index contributed by atoms with van der Waals surface area (Å²) in [7, 11) is 0. The monoisotopic (exact) mass is 359 g/mol. The van der Waals surface area contributed by atoms with Gasteiger partial charge in [0.25, 0.3) is 0 Å². The molecule has 2 aromatic rings. The van der Waals surface area contributed by atoms with Crippen molar-refractivity contribution in [2.24, 2.45) is 0 Å². The number of quaternary nitrogens is 1. The summed E-state index contributed by atoms with van der Waals surface area (Å²) in [5.74, 6) is 0.668. The second kappa shape index (κ2) is 8.52. The number of piperazine rings is 1. The Kier molecular flexibility index (Phi) is 6.12. The molecular weight excluding hydrogens is 331 g/mol. The van der Waals surface area contributed by atoms with Crippen LogP contribution in [0.4, 0.5) is 10.1 Å². The molecule has 0 amide bonds. The molecule has 1 saturated heterocycles. The zero-order valence-corrected chi connectivity index (χ0v) is 15.5. The normalized spacial score (nSPS) is 16.5. The molecule has 2 aromatic carbocycles. The maximum absolute atomic E-state index is 13.9. The quantitative estimate of drug-likeness (QED) is 0.823. The molecule has 0 bridgehead atoms. The van der Waals surface area contributed by atoms with Crippen LogP contribution in [0.2, 0.25) is 0 Å². The molecule has 0 saturated carbocycles. The summed E-state index contributed by atoms with van der Waals surface area (Å²) in [6.45, 7) is 8.38. The number of rotatable bonds is 6. The third kappa shape index (κ3) is 4.54. The molecule has 0 spiro atoms. The van der Waals surface area contributed by atoms with E-state index in [9.17, 15) is 9.50 Å². The molecule has 4 nitrogen and oxygen atoms in total. The SMILES string of the molecule is Cc1cccc(OC[C@H](O)C[NH+]2CCN(c3ccccc3F)CC2)c1C. The van der Waals surface area contributed by atoms with Crippen LogP contribution in [-0.4, -0.2) is 50.5 Å². The number of hydrogen-bond donors (Lipinski definition) is 2. The van der Waals surface area contributed by atoms with Gasteiger partial charge in [-0.1, -0.05) is 24.3 Å². The minimum Gasteiger partial charge on any atom is -0.490 e. The average Bonchev–Trinajstić information content (AvgIpc) is 2.64. The molecule has 0 unspecified atom stereocenters. The lowest BCUT2D eigenvalue weighted by molar-refractivity contribution is -0.903. The van der Waals surface area contributed by atoms with E-state index in [2.05, 4.69) is 17.9 Å². The molecule has 3 rings (SSSR count). The van der Waals surface area contributed by atoms with Gasteiger partial charge in [-0.15, -0.1) is 0 Å². The van der Waals surface area contributed by atoms with Crippen LogP contribution in [0.15, 0.2) is 42.5 Å². The van der Waals surface area contributed by atoms with Crippen molar-refractivity contribution in [3.8, 4) is 5.75 Å². The van der Waals surface area contributed by atoms with E-state index in [1.54, 1.807) is 6.07 Å². The zero-order chi connectivity index (χ0) is 18.5. The fourth-order valence-electron chi connectivity index (χ4n) is 3.43. The highest BCUT2D eigenvalue weighted by molar-refractivity contribution is 5.47. The molecule has 0 aliphatic carbocycles. The van der Waals surface area contributed by atoms with Crippen LogP contribution >= 0.6 is 0 Å². The van der Waals surface area contributed by atoms with Gasteiger partial charge in [-0.3, -0.25) is 0 Å². The molecule has 2 N–H and O–H groups in total. The van der Waals surface area contributed by atoms with Crippen molar-refractivity contribution in [3.63, 3.8) is 0 Å². The summed E-state index contributed by atoms with van der Waals surface area (Å²) >= 11 is 0. The zero-order valence-electron chi connectivity index (χ0n) is 15.5. The fraction of sp³-hybridized carbons (Fsp3) is 0.429. The first-order chi connectivity index (χ1) is 12.5. The third-order valence-electron chi connectivity index (χ3n) is 5.17. The van der Waals surface area contributed by atoms with Gasteiger partial charge in [0.2, 0.25) is 0 Å². The Labute approximate surface area is 154 Å². The summed E-state index contributed by atoms with van der Waals surface area (Å²) in [6, 6.07) is 12.9. The highest BCUT2D eigenvalue weighted by Crippen LogP contribution is 2.20. The molecule has 0 aromatic heterocycles. The molecule has 1 aliphatic heterocycles. The lowest BCUT2D eigenvalue weighted by Gasteiger charge is -2.34. The van der Waals surface area contributed by atoms with E-state index in [-0.39, 0.29) is 5.82 Å².